The molecule has 0 amide bonds. The molecule has 0 radical (unpaired) electrons. The molecule has 3 rings (SSSR count). The highest BCUT2D eigenvalue weighted by molar-refractivity contribution is 6.05. The third-order valence-corrected chi connectivity index (χ3v) is 5.54. The van der Waals surface area contributed by atoms with Crippen LogP contribution in [0.3, 0.4) is 0 Å². The van der Waals surface area contributed by atoms with Crippen LogP contribution in [0.25, 0.3) is 5.57 Å². The summed E-state index contributed by atoms with van der Waals surface area (Å²) in [5, 5.41) is 8.92. The van der Waals surface area contributed by atoms with Crippen molar-refractivity contribution in [3.05, 3.63) is 46.5 Å². The summed E-state index contributed by atoms with van der Waals surface area (Å²) in [6, 6.07) is 6.68. The first-order valence-corrected chi connectivity index (χ1v) is 9.25. The number of nitrogens with zero attached hydrogens (tertiary/aromatic N) is 1. The lowest BCUT2D eigenvalue weighted by Crippen LogP contribution is -2.20. The number of nitrogens with one attached hydrogen (secondary N) is 1. The predicted molar refractivity (Wildman–Crippen MR) is 105 cm³/mol. The number of anilines is 1. The molecule has 1 aromatic rings. The van der Waals surface area contributed by atoms with Crippen molar-refractivity contribution in [2.75, 3.05) is 19.0 Å². The summed E-state index contributed by atoms with van der Waals surface area (Å²) >= 11 is 0. The summed E-state index contributed by atoms with van der Waals surface area (Å²) in [7, 11) is 4.16. The van der Waals surface area contributed by atoms with Crippen LogP contribution in [-0.2, 0) is 0 Å². The third kappa shape index (κ3) is 3.33. The summed E-state index contributed by atoms with van der Waals surface area (Å²) in [5.74, 6) is 0.436. The van der Waals surface area contributed by atoms with Gasteiger partial charge in [0.05, 0.1) is 0 Å². The van der Waals surface area contributed by atoms with Crippen LogP contribution in [0.2, 0.25) is 0 Å². The van der Waals surface area contributed by atoms with Crippen molar-refractivity contribution < 1.29 is 0 Å². The molecule has 0 heterocycles. The Hall–Kier alpha value is -1.83. The third-order valence-electron chi connectivity index (χ3n) is 5.54. The molecule has 2 aliphatic rings. The molecule has 0 saturated heterocycles. The second kappa shape index (κ2) is 6.96. The Morgan fingerprint density at radius 1 is 1.08 bits per heavy atom. The molecular weight excluding hydrogens is 292 g/mol. The van der Waals surface area contributed by atoms with E-state index in [0.29, 0.717) is 5.92 Å². The van der Waals surface area contributed by atoms with Crippen LogP contribution in [0.15, 0.2) is 35.4 Å². The van der Waals surface area contributed by atoms with Gasteiger partial charge in [0.25, 0.3) is 0 Å². The molecule has 1 N–H and O–H groups in total. The van der Waals surface area contributed by atoms with E-state index in [1.807, 2.05) is 0 Å². The molecule has 2 aliphatic carbocycles. The van der Waals surface area contributed by atoms with Crippen molar-refractivity contribution in [2.45, 2.75) is 52.4 Å². The van der Waals surface area contributed by atoms with Gasteiger partial charge >= 0.3 is 0 Å². The van der Waals surface area contributed by atoms with E-state index in [4.69, 9.17) is 5.41 Å². The highest BCUT2D eigenvalue weighted by Crippen LogP contribution is 2.38. The SMILES string of the molecule is CC1=CC(C)=C(c2ccc(N(C)C)cc2C(=N)C2CCCCC2)C1. The summed E-state index contributed by atoms with van der Waals surface area (Å²) < 4.78 is 0. The van der Waals surface area contributed by atoms with E-state index in [2.05, 4.69) is 57.1 Å². The first-order chi connectivity index (χ1) is 11.5. The first kappa shape index (κ1) is 17.0. The van der Waals surface area contributed by atoms with Crippen molar-refractivity contribution in [1.29, 1.82) is 5.41 Å². The molecule has 0 unspecified atom stereocenters. The van der Waals surface area contributed by atoms with E-state index in [0.717, 1.165) is 17.7 Å². The van der Waals surface area contributed by atoms with Crippen LogP contribution >= 0.6 is 0 Å². The van der Waals surface area contributed by atoms with Crippen LogP contribution in [0.1, 0.15) is 63.5 Å². The number of rotatable bonds is 4. The lowest BCUT2D eigenvalue weighted by molar-refractivity contribution is 0.438. The van der Waals surface area contributed by atoms with Crippen molar-refractivity contribution in [2.24, 2.45) is 5.92 Å². The zero-order valence-electron chi connectivity index (χ0n) is 15.6. The van der Waals surface area contributed by atoms with Crippen LogP contribution in [0, 0.1) is 11.3 Å². The average Bonchev–Trinajstić information content (AvgIpc) is 2.92. The predicted octanol–water partition coefficient (Wildman–Crippen LogP) is 5.82. The Balaban J connectivity index is 2.02. The molecule has 0 aliphatic heterocycles. The monoisotopic (exact) mass is 322 g/mol. The molecule has 2 heteroatoms. The highest BCUT2D eigenvalue weighted by Gasteiger charge is 2.24. The van der Waals surface area contributed by atoms with E-state index >= 15 is 0 Å². The van der Waals surface area contributed by atoms with Gasteiger partial charge in [-0.3, -0.25) is 0 Å². The zero-order valence-corrected chi connectivity index (χ0v) is 15.6. The first-order valence-electron chi connectivity index (χ1n) is 9.25. The summed E-state index contributed by atoms with van der Waals surface area (Å²) in [6.45, 7) is 4.41. The Kier molecular flexibility index (Phi) is 4.93. The van der Waals surface area contributed by atoms with Gasteiger partial charge in [0, 0.05) is 37.0 Å². The molecule has 0 spiro atoms. The Bertz CT molecular complexity index is 701. The zero-order chi connectivity index (χ0) is 17.3. The fourth-order valence-corrected chi connectivity index (χ4v) is 4.14. The molecule has 24 heavy (non-hydrogen) atoms. The van der Waals surface area contributed by atoms with E-state index in [1.54, 1.807) is 0 Å². The van der Waals surface area contributed by atoms with Crippen molar-refractivity contribution in [1.82, 2.24) is 0 Å². The molecule has 1 aromatic carbocycles. The van der Waals surface area contributed by atoms with Gasteiger partial charge in [0.2, 0.25) is 0 Å². The number of hydrogen-bond acceptors (Lipinski definition) is 2. The van der Waals surface area contributed by atoms with E-state index in [1.165, 1.54) is 60.1 Å². The molecule has 0 atom stereocenters. The Labute approximate surface area is 146 Å². The molecule has 1 fully saturated rings. The van der Waals surface area contributed by atoms with Gasteiger partial charge < -0.3 is 10.3 Å². The van der Waals surface area contributed by atoms with Gasteiger partial charge in [-0.1, -0.05) is 37.0 Å². The Morgan fingerprint density at radius 2 is 1.79 bits per heavy atom. The maximum absolute atomic E-state index is 8.92. The maximum Gasteiger partial charge on any atom is 0.0423 e. The normalized spacial score (nSPS) is 18.8. The van der Waals surface area contributed by atoms with Crippen LogP contribution < -0.4 is 4.90 Å². The summed E-state index contributed by atoms with van der Waals surface area (Å²) in [4.78, 5) is 2.14. The van der Waals surface area contributed by atoms with Crippen LogP contribution in [-0.4, -0.2) is 19.8 Å². The minimum absolute atomic E-state index is 0.436. The van der Waals surface area contributed by atoms with Gasteiger partial charge in [-0.2, -0.15) is 0 Å². The van der Waals surface area contributed by atoms with Gasteiger partial charge in [-0.05, 0) is 62.0 Å². The average molecular weight is 322 g/mol. The summed E-state index contributed by atoms with van der Waals surface area (Å²) in [6.07, 6.45) is 9.57. The van der Waals surface area contributed by atoms with Crippen molar-refractivity contribution in [3.63, 3.8) is 0 Å². The molecule has 1 saturated carbocycles. The second-order valence-corrected chi connectivity index (χ2v) is 7.70. The van der Waals surface area contributed by atoms with Crippen LogP contribution in [0.4, 0.5) is 5.69 Å². The van der Waals surface area contributed by atoms with Gasteiger partial charge in [0.15, 0.2) is 0 Å². The fraction of sp³-hybridized carbons (Fsp3) is 0.500. The smallest absolute Gasteiger partial charge is 0.0423 e. The topological polar surface area (TPSA) is 27.1 Å². The molecule has 0 aromatic heterocycles. The number of allylic oxidation sites excluding steroid dienone is 4. The van der Waals surface area contributed by atoms with E-state index in [9.17, 15) is 0 Å². The summed E-state index contributed by atoms with van der Waals surface area (Å²) in [5.41, 5.74) is 8.69. The van der Waals surface area contributed by atoms with Gasteiger partial charge in [-0.25, -0.2) is 0 Å². The van der Waals surface area contributed by atoms with Gasteiger partial charge in [0.1, 0.15) is 0 Å². The lowest BCUT2D eigenvalue weighted by Gasteiger charge is -2.25. The minimum atomic E-state index is 0.436. The standard InChI is InChI=1S/C22H30N2/c1-15-12-16(2)20(13-15)19-11-10-18(24(3)4)14-21(19)22(23)17-8-6-5-7-9-17/h10-12,14,17,23H,5-9,13H2,1-4H3. The van der Waals surface area contributed by atoms with Crippen LogP contribution in [0.5, 0.6) is 0 Å². The van der Waals surface area contributed by atoms with E-state index in [-0.39, 0.29) is 0 Å². The molecule has 128 valence electrons. The second-order valence-electron chi connectivity index (χ2n) is 7.70. The highest BCUT2D eigenvalue weighted by atomic mass is 15.1. The molecular formula is C22H30N2. The molecule has 0 bridgehead atoms. The maximum atomic E-state index is 8.92. The quantitative estimate of drug-likeness (QED) is 0.694. The largest absolute Gasteiger partial charge is 0.378 e. The minimum Gasteiger partial charge on any atom is -0.378 e. The Morgan fingerprint density at radius 3 is 2.38 bits per heavy atom. The van der Waals surface area contributed by atoms with Crippen molar-refractivity contribution in [3.8, 4) is 0 Å². The lowest BCUT2D eigenvalue weighted by atomic mass is 9.81. The van der Waals surface area contributed by atoms with Gasteiger partial charge in [-0.15, -0.1) is 0 Å². The fourth-order valence-electron chi connectivity index (χ4n) is 4.14. The number of benzene rings is 1. The number of hydrogen-bond donors (Lipinski definition) is 1. The molecule has 2 nitrogen and oxygen atoms in total. The van der Waals surface area contributed by atoms with E-state index < -0.39 is 0 Å². The van der Waals surface area contributed by atoms with Crippen molar-refractivity contribution >= 4 is 17.0 Å².